The van der Waals surface area contributed by atoms with E-state index in [1.807, 2.05) is 24.5 Å². The average molecular weight is 428 g/mol. The third-order valence-electron chi connectivity index (χ3n) is 4.60. The lowest BCUT2D eigenvalue weighted by atomic mass is 10.2. The fourth-order valence-corrected chi connectivity index (χ4v) is 4.03. The Balaban J connectivity index is 1.89. The highest BCUT2D eigenvalue weighted by Crippen LogP contribution is 2.33. The van der Waals surface area contributed by atoms with Gasteiger partial charge in [-0.1, -0.05) is 0 Å². The van der Waals surface area contributed by atoms with Gasteiger partial charge in [0.05, 0.1) is 17.1 Å². The van der Waals surface area contributed by atoms with E-state index in [2.05, 4.69) is 0 Å². The van der Waals surface area contributed by atoms with Crippen molar-refractivity contribution < 1.29 is 29.0 Å². The fourth-order valence-electron chi connectivity index (χ4n) is 3.20. The van der Waals surface area contributed by atoms with Gasteiger partial charge in [-0.25, -0.2) is 4.79 Å². The number of ether oxygens (including phenoxy) is 1. The van der Waals surface area contributed by atoms with E-state index in [1.54, 1.807) is 25.1 Å². The van der Waals surface area contributed by atoms with Crippen LogP contribution in [0.5, 0.6) is 0 Å². The van der Waals surface area contributed by atoms with Crippen LogP contribution in [0, 0.1) is 13.8 Å². The number of amides is 2. The zero-order chi connectivity index (χ0) is 22.0. The Morgan fingerprint density at radius 1 is 1.17 bits per heavy atom. The van der Waals surface area contributed by atoms with E-state index in [-0.39, 0.29) is 17.1 Å². The molecular formula is C21H20N2O6S. The van der Waals surface area contributed by atoms with Gasteiger partial charge in [0.15, 0.2) is 0 Å². The normalized spacial score (nSPS) is 15.2. The molecule has 0 spiro atoms. The van der Waals surface area contributed by atoms with E-state index >= 15 is 0 Å². The van der Waals surface area contributed by atoms with Crippen LogP contribution in [0.1, 0.15) is 34.2 Å². The van der Waals surface area contributed by atoms with E-state index in [1.165, 1.54) is 12.1 Å². The van der Waals surface area contributed by atoms with Gasteiger partial charge in [-0.05, 0) is 74.5 Å². The highest BCUT2D eigenvalue weighted by Gasteiger charge is 2.36. The Labute approximate surface area is 177 Å². The van der Waals surface area contributed by atoms with Crippen molar-refractivity contribution in [3.05, 3.63) is 57.8 Å². The molecule has 0 atom stereocenters. The summed E-state index contributed by atoms with van der Waals surface area (Å²) in [5.74, 6) is -2.17. The molecular weight excluding hydrogens is 408 g/mol. The fraction of sp³-hybridized carbons (Fsp3) is 0.238. The Morgan fingerprint density at radius 3 is 2.43 bits per heavy atom. The first-order chi connectivity index (χ1) is 14.2. The number of carbonyl (C=O) groups is 4. The molecule has 2 aromatic rings. The molecule has 1 aliphatic heterocycles. The summed E-state index contributed by atoms with van der Waals surface area (Å²) in [5, 5.41) is 8.55. The van der Waals surface area contributed by atoms with Crippen LogP contribution in [0.15, 0.2) is 35.2 Å². The Kier molecular flexibility index (Phi) is 6.12. The SMILES string of the molecule is CCOC(=O)CN1C(=O)S/C(=C\c2cc(C)n(-c3ccc(C(=O)O)cc3)c2C)C1=O. The summed E-state index contributed by atoms with van der Waals surface area (Å²) in [6, 6.07) is 8.34. The van der Waals surface area contributed by atoms with Crippen LogP contribution in [0.2, 0.25) is 0 Å². The lowest BCUT2D eigenvalue weighted by Crippen LogP contribution is -2.34. The molecule has 1 aromatic heterocycles. The van der Waals surface area contributed by atoms with Crippen molar-refractivity contribution >= 4 is 40.9 Å². The highest BCUT2D eigenvalue weighted by atomic mass is 32.2. The number of nitrogens with zero attached hydrogens (tertiary/aromatic N) is 2. The molecule has 3 rings (SSSR count). The number of rotatable bonds is 6. The Bertz CT molecular complexity index is 1070. The summed E-state index contributed by atoms with van der Waals surface area (Å²) >= 11 is 0.778. The number of hydrogen-bond donors (Lipinski definition) is 1. The molecule has 2 heterocycles. The van der Waals surface area contributed by atoms with E-state index in [0.29, 0.717) is 0 Å². The van der Waals surface area contributed by atoms with Gasteiger partial charge in [-0.3, -0.25) is 19.3 Å². The van der Waals surface area contributed by atoms with Gasteiger partial charge in [0.2, 0.25) is 0 Å². The Morgan fingerprint density at radius 2 is 1.83 bits per heavy atom. The summed E-state index contributed by atoms with van der Waals surface area (Å²) < 4.78 is 6.74. The number of carboxylic acids is 1. The maximum Gasteiger partial charge on any atom is 0.335 e. The van der Waals surface area contributed by atoms with Crippen LogP contribution in [0.25, 0.3) is 11.8 Å². The van der Waals surface area contributed by atoms with Gasteiger partial charge < -0.3 is 14.4 Å². The van der Waals surface area contributed by atoms with Gasteiger partial charge in [-0.15, -0.1) is 0 Å². The molecule has 2 amide bonds. The number of esters is 1. The van der Waals surface area contributed by atoms with Crippen molar-refractivity contribution in [3.8, 4) is 5.69 Å². The standard InChI is InChI=1S/C21H20N2O6S/c1-4-29-18(24)11-22-19(25)17(30-21(22)28)10-15-9-12(2)23(13(15)3)16-7-5-14(6-8-16)20(26)27/h5-10H,4,11H2,1-3H3,(H,26,27)/b17-10-. The Hall–Kier alpha value is -3.33. The minimum absolute atomic E-state index is 0.171. The molecule has 0 radical (unpaired) electrons. The number of hydrogen-bond acceptors (Lipinski definition) is 6. The number of aromatic nitrogens is 1. The highest BCUT2D eigenvalue weighted by molar-refractivity contribution is 8.18. The molecule has 156 valence electrons. The van der Waals surface area contributed by atoms with Crippen LogP contribution >= 0.6 is 11.8 Å². The molecule has 1 aromatic carbocycles. The molecule has 1 N–H and O–H groups in total. The van der Waals surface area contributed by atoms with Crippen molar-refractivity contribution in [3.63, 3.8) is 0 Å². The van der Waals surface area contributed by atoms with Crippen molar-refractivity contribution in [1.29, 1.82) is 0 Å². The monoisotopic (exact) mass is 428 g/mol. The maximum atomic E-state index is 12.6. The van der Waals surface area contributed by atoms with E-state index in [0.717, 1.165) is 39.3 Å². The van der Waals surface area contributed by atoms with E-state index in [9.17, 15) is 19.2 Å². The lowest BCUT2D eigenvalue weighted by Gasteiger charge is -2.11. The number of carbonyl (C=O) groups excluding carboxylic acids is 3. The minimum atomic E-state index is -0.998. The maximum absolute atomic E-state index is 12.6. The lowest BCUT2D eigenvalue weighted by molar-refractivity contribution is -0.145. The predicted octanol–water partition coefficient (Wildman–Crippen LogP) is 3.39. The largest absolute Gasteiger partial charge is 0.478 e. The molecule has 1 aliphatic rings. The number of carboxylic acid groups (broad SMARTS) is 1. The van der Waals surface area contributed by atoms with Gasteiger partial charge in [0.25, 0.3) is 11.1 Å². The van der Waals surface area contributed by atoms with Crippen molar-refractivity contribution in [2.24, 2.45) is 0 Å². The van der Waals surface area contributed by atoms with E-state index in [4.69, 9.17) is 9.84 Å². The van der Waals surface area contributed by atoms with Crippen molar-refractivity contribution in [2.45, 2.75) is 20.8 Å². The van der Waals surface area contributed by atoms with Crippen LogP contribution < -0.4 is 0 Å². The predicted molar refractivity (Wildman–Crippen MR) is 112 cm³/mol. The number of benzene rings is 1. The zero-order valence-corrected chi connectivity index (χ0v) is 17.5. The van der Waals surface area contributed by atoms with Crippen LogP contribution in [0.4, 0.5) is 4.79 Å². The molecule has 0 unspecified atom stereocenters. The molecule has 0 bridgehead atoms. The molecule has 8 nitrogen and oxygen atoms in total. The molecule has 1 fully saturated rings. The van der Waals surface area contributed by atoms with Crippen LogP contribution in [0.3, 0.4) is 0 Å². The summed E-state index contributed by atoms with van der Waals surface area (Å²) in [6.45, 7) is 5.17. The third kappa shape index (κ3) is 4.16. The zero-order valence-electron chi connectivity index (χ0n) is 16.7. The third-order valence-corrected chi connectivity index (χ3v) is 5.50. The molecule has 1 saturated heterocycles. The molecule has 30 heavy (non-hydrogen) atoms. The van der Waals surface area contributed by atoms with Gasteiger partial charge in [-0.2, -0.15) is 0 Å². The van der Waals surface area contributed by atoms with Crippen molar-refractivity contribution in [2.75, 3.05) is 13.2 Å². The number of thioether (sulfide) groups is 1. The number of aryl methyl sites for hydroxylation is 1. The summed E-state index contributed by atoms with van der Waals surface area (Å²) in [5.41, 5.74) is 3.43. The second-order valence-corrected chi connectivity index (χ2v) is 7.58. The molecule has 9 heteroatoms. The first-order valence-corrected chi connectivity index (χ1v) is 9.98. The summed E-state index contributed by atoms with van der Waals surface area (Å²) in [6.07, 6.45) is 1.63. The summed E-state index contributed by atoms with van der Waals surface area (Å²) in [7, 11) is 0. The minimum Gasteiger partial charge on any atom is -0.478 e. The number of imide groups is 1. The van der Waals surface area contributed by atoms with Crippen LogP contribution in [-0.4, -0.2) is 50.8 Å². The van der Waals surface area contributed by atoms with E-state index < -0.39 is 29.6 Å². The number of aromatic carboxylic acids is 1. The summed E-state index contributed by atoms with van der Waals surface area (Å²) in [4.78, 5) is 48.5. The smallest absolute Gasteiger partial charge is 0.335 e. The second kappa shape index (κ2) is 8.58. The average Bonchev–Trinajstić information content (AvgIpc) is 3.12. The first-order valence-electron chi connectivity index (χ1n) is 9.16. The molecule has 0 saturated carbocycles. The quantitative estimate of drug-likeness (QED) is 0.555. The van der Waals surface area contributed by atoms with Gasteiger partial charge in [0.1, 0.15) is 6.54 Å². The topological polar surface area (TPSA) is 106 Å². The van der Waals surface area contributed by atoms with Gasteiger partial charge >= 0.3 is 11.9 Å². The first kappa shape index (κ1) is 21.4. The van der Waals surface area contributed by atoms with Gasteiger partial charge in [0, 0.05) is 17.1 Å². The van der Waals surface area contributed by atoms with Crippen molar-refractivity contribution in [1.82, 2.24) is 9.47 Å². The van der Waals surface area contributed by atoms with Crippen LogP contribution in [-0.2, 0) is 14.3 Å². The second-order valence-electron chi connectivity index (χ2n) is 6.59. The molecule has 0 aliphatic carbocycles.